The van der Waals surface area contributed by atoms with Crippen LogP contribution in [0.2, 0.25) is 19.6 Å². The van der Waals surface area contributed by atoms with Crippen molar-refractivity contribution in [3.05, 3.63) is 0 Å². The minimum Gasteiger partial charge on any atom is -1.00 e. The van der Waals surface area contributed by atoms with Crippen molar-refractivity contribution in [3.8, 4) is 0 Å². The molecule has 0 rings (SSSR count). The van der Waals surface area contributed by atoms with Gasteiger partial charge in [-0.1, -0.05) is 19.6 Å². The zero-order chi connectivity index (χ0) is 11.4. The zero-order valence-corrected chi connectivity index (χ0v) is 13.9. The summed E-state index contributed by atoms with van der Waals surface area (Å²) in [7, 11) is 3.35. The van der Waals surface area contributed by atoms with Gasteiger partial charge in [0.25, 0.3) is 0 Å². The van der Waals surface area contributed by atoms with Crippen LogP contribution in [-0.2, 0) is 9.53 Å². The van der Waals surface area contributed by atoms with Gasteiger partial charge in [0.2, 0.25) is 0 Å². The van der Waals surface area contributed by atoms with Gasteiger partial charge < -0.3 is 33.2 Å². The van der Waals surface area contributed by atoms with E-state index in [0.717, 1.165) is 11.0 Å². The van der Waals surface area contributed by atoms with Crippen LogP contribution in [-0.4, -0.2) is 51.9 Å². The molecule has 0 heterocycles. The molecule has 0 aliphatic rings. The summed E-state index contributed by atoms with van der Waals surface area (Å²) in [5.74, 6) is -0.182. The fourth-order valence-corrected chi connectivity index (χ4v) is 4.53. The van der Waals surface area contributed by atoms with Gasteiger partial charge in [-0.05, 0) is 0 Å². The van der Waals surface area contributed by atoms with Crippen LogP contribution >= 0.6 is 0 Å². The standard InChI is InChI=1S/C10H24NO2Si.HI/c1-10(12)13-8-7-11(2,3)9-14(4,5)6;/h7-9H2,1-6H3;1H/q+1;/p-1. The molecule has 0 amide bonds. The van der Waals surface area contributed by atoms with E-state index in [4.69, 9.17) is 4.74 Å². The quantitative estimate of drug-likeness (QED) is 0.263. The van der Waals surface area contributed by atoms with E-state index in [0.29, 0.717) is 6.61 Å². The molecule has 15 heavy (non-hydrogen) atoms. The van der Waals surface area contributed by atoms with E-state index in [1.54, 1.807) is 0 Å². The topological polar surface area (TPSA) is 26.3 Å². The van der Waals surface area contributed by atoms with Gasteiger partial charge in [0.05, 0.1) is 20.3 Å². The van der Waals surface area contributed by atoms with E-state index < -0.39 is 8.07 Å². The van der Waals surface area contributed by atoms with Crippen molar-refractivity contribution in [3.63, 3.8) is 0 Å². The van der Waals surface area contributed by atoms with E-state index in [1.165, 1.54) is 13.1 Å². The molecular weight excluding hydrogens is 321 g/mol. The third-order valence-corrected chi connectivity index (χ3v) is 3.71. The molecule has 0 aromatic rings. The number of carbonyl (C=O) groups is 1. The van der Waals surface area contributed by atoms with E-state index in [9.17, 15) is 4.79 Å². The van der Waals surface area contributed by atoms with E-state index >= 15 is 0 Å². The number of ether oxygens (including phenoxy) is 1. The van der Waals surface area contributed by atoms with Crippen LogP contribution in [0.3, 0.4) is 0 Å². The highest BCUT2D eigenvalue weighted by Gasteiger charge is 2.26. The number of nitrogens with zero attached hydrogens (tertiary/aromatic N) is 1. The molecule has 5 heteroatoms. The number of carbonyl (C=O) groups excluding carboxylic acids is 1. The fourth-order valence-electron chi connectivity index (χ4n) is 1.80. The van der Waals surface area contributed by atoms with Gasteiger partial charge in [0.1, 0.15) is 21.2 Å². The summed E-state index contributed by atoms with van der Waals surface area (Å²) in [6, 6.07) is 0. The molecule has 3 nitrogen and oxygen atoms in total. The van der Waals surface area contributed by atoms with Crippen LogP contribution in [0.25, 0.3) is 0 Å². The first-order valence-corrected chi connectivity index (χ1v) is 8.78. The monoisotopic (exact) mass is 345 g/mol. The van der Waals surface area contributed by atoms with Crippen LogP contribution in [0.1, 0.15) is 6.92 Å². The zero-order valence-electron chi connectivity index (χ0n) is 10.8. The van der Waals surface area contributed by atoms with Crippen molar-refractivity contribution in [2.45, 2.75) is 26.6 Å². The van der Waals surface area contributed by atoms with Crippen molar-refractivity contribution in [2.75, 3.05) is 33.4 Å². The van der Waals surface area contributed by atoms with E-state index in [-0.39, 0.29) is 29.9 Å². The Hall–Kier alpha value is 0.377. The second-order valence-corrected chi connectivity index (χ2v) is 11.2. The lowest BCUT2D eigenvalue weighted by Crippen LogP contribution is -3.00. The van der Waals surface area contributed by atoms with Crippen LogP contribution < -0.4 is 24.0 Å². The van der Waals surface area contributed by atoms with Crippen LogP contribution in [0.5, 0.6) is 0 Å². The number of esters is 1. The highest BCUT2D eigenvalue weighted by molar-refractivity contribution is 6.75. The van der Waals surface area contributed by atoms with Crippen molar-refractivity contribution in [1.29, 1.82) is 0 Å². The third-order valence-electron chi connectivity index (χ3n) is 1.90. The first kappa shape index (κ1) is 17.8. The van der Waals surface area contributed by atoms with Gasteiger partial charge in [-0.25, -0.2) is 0 Å². The lowest BCUT2D eigenvalue weighted by molar-refractivity contribution is -0.880. The highest BCUT2D eigenvalue weighted by Crippen LogP contribution is 2.08. The predicted molar refractivity (Wildman–Crippen MR) is 61.8 cm³/mol. The maximum absolute atomic E-state index is 10.6. The summed E-state index contributed by atoms with van der Waals surface area (Å²) in [6.07, 6.45) is 1.22. The van der Waals surface area contributed by atoms with Crippen LogP contribution in [0.15, 0.2) is 0 Å². The molecule has 0 bridgehead atoms. The van der Waals surface area contributed by atoms with Gasteiger partial charge in [-0.3, -0.25) is 4.79 Å². The van der Waals surface area contributed by atoms with Gasteiger partial charge >= 0.3 is 5.97 Å². The number of hydrogen-bond acceptors (Lipinski definition) is 2. The molecule has 0 spiro atoms. The Kier molecular flexibility index (Phi) is 8.11. The summed E-state index contributed by atoms with van der Waals surface area (Å²) < 4.78 is 5.90. The lowest BCUT2D eigenvalue weighted by atomic mass is 10.5. The van der Waals surface area contributed by atoms with Gasteiger partial charge in [-0.2, -0.15) is 0 Å². The first-order chi connectivity index (χ1) is 6.12. The molecule has 92 valence electrons. The Morgan fingerprint density at radius 3 is 2.07 bits per heavy atom. The average molecular weight is 345 g/mol. The van der Waals surface area contributed by atoms with Crippen molar-refractivity contribution in [2.24, 2.45) is 0 Å². The molecular formula is C10H24INO2Si. The Morgan fingerprint density at radius 1 is 1.27 bits per heavy atom. The molecule has 0 fully saturated rings. The molecule has 0 aliphatic carbocycles. The summed E-state index contributed by atoms with van der Waals surface area (Å²) in [4.78, 5) is 10.6. The Balaban J connectivity index is 0. The highest BCUT2D eigenvalue weighted by atomic mass is 127. The summed E-state index contributed by atoms with van der Waals surface area (Å²) in [5, 5.41) is 0. The smallest absolute Gasteiger partial charge is 0.302 e. The molecule has 0 aromatic carbocycles. The third kappa shape index (κ3) is 12.3. The lowest BCUT2D eigenvalue weighted by Gasteiger charge is -2.34. The molecule has 0 radical (unpaired) electrons. The van der Waals surface area contributed by atoms with Crippen molar-refractivity contribution >= 4 is 14.0 Å². The summed E-state index contributed by atoms with van der Waals surface area (Å²) in [5.41, 5.74) is 0. The van der Waals surface area contributed by atoms with E-state index in [1.807, 2.05) is 0 Å². The summed E-state index contributed by atoms with van der Waals surface area (Å²) in [6.45, 7) is 9.98. The molecule has 0 atom stereocenters. The maximum Gasteiger partial charge on any atom is 0.302 e. The number of halogens is 1. The Labute approximate surface area is 112 Å². The van der Waals surface area contributed by atoms with Gasteiger partial charge in [0.15, 0.2) is 0 Å². The van der Waals surface area contributed by atoms with Gasteiger partial charge in [0, 0.05) is 6.92 Å². The predicted octanol–water partition coefficient (Wildman–Crippen LogP) is -1.49. The number of likely N-dealkylation sites (N-methyl/N-ethyl adjacent to an activating group) is 1. The Bertz CT molecular complexity index is 202. The SMILES string of the molecule is CC(=O)OCC[N+](C)(C)C[Si](C)(C)C.[I-]. The normalized spacial score (nSPS) is 11.9. The molecule has 0 N–H and O–H groups in total. The minimum atomic E-state index is -1.04. The first-order valence-electron chi connectivity index (χ1n) is 5.08. The van der Waals surface area contributed by atoms with Crippen molar-refractivity contribution < 1.29 is 38.0 Å². The minimum absolute atomic E-state index is 0. The van der Waals surface area contributed by atoms with Crippen LogP contribution in [0, 0.1) is 0 Å². The largest absolute Gasteiger partial charge is 1.00 e. The summed E-state index contributed by atoms with van der Waals surface area (Å²) >= 11 is 0. The molecule has 0 saturated carbocycles. The van der Waals surface area contributed by atoms with Crippen molar-refractivity contribution in [1.82, 2.24) is 0 Å². The number of hydrogen-bond donors (Lipinski definition) is 0. The number of quaternary nitrogens is 1. The molecule has 0 saturated heterocycles. The molecule has 0 unspecified atom stereocenters. The van der Waals surface area contributed by atoms with Gasteiger partial charge in [-0.15, -0.1) is 0 Å². The number of rotatable bonds is 5. The maximum atomic E-state index is 10.6. The second kappa shape index (κ2) is 6.85. The molecule has 0 aromatic heterocycles. The van der Waals surface area contributed by atoms with Crippen LogP contribution in [0.4, 0.5) is 0 Å². The van der Waals surface area contributed by atoms with E-state index in [2.05, 4.69) is 33.7 Å². The molecule has 0 aliphatic heterocycles. The average Bonchev–Trinajstić information content (AvgIpc) is 1.78. The second-order valence-electron chi connectivity index (χ2n) is 5.72. The fraction of sp³-hybridized carbons (Fsp3) is 0.900. The Morgan fingerprint density at radius 2 is 1.73 bits per heavy atom.